The Morgan fingerprint density at radius 1 is 1.09 bits per heavy atom. The van der Waals surface area contributed by atoms with Crippen LogP contribution in [0.1, 0.15) is 39.2 Å². The second-order valence-corrected chi connectivity index (χ2v) is 7.36. The van der Waals surface area contributed by atoms with E-state index in [4.69, 9.17) is 4.74 Å². The van der Waals surface area contributed by atoms with E-state index in [1.54, 1.807) is 13.1 Å². The smallest absolute Gasteiger partial charge is 0.254 e. The molecular weight excluding hydrogens is 410 g/mol. The van der Waals surface area contributed by atoms with Gasteiger partial charge in [-0.3, -0.25) is 9.59 Å². The maximum absolute atomic E-state index is 12.4. The highest BCUT2D eigenvalue weighted by molar-refractivity contribution is 5.90. The van der Waals surface area contributed by atoms with E-state index in [0.29, 0.717) is 25.6 Å². The Labute approximate surface area is 189 Å². The molecule has 0 spiro atoms. The molecule has 2 rings (SSSR count). The molecule has 8 nitrogen and oxygen atoms in total. The number of aliphatic hydroxyl groups excluding tert-OH is 2. The Morgan fingerprint density at radius 3 is 2.44 bits per heavy atom. The van der Waals surface area contributed by atoms with E-state index in [2.05, 4.69) is 10.3 Å². The normalized spacial score (nSPS) is 12.7. The number of hydrogen-bond acceptors (Lipinski definition) is 6. The predicted molar refractivity (Wildman–Crippen MR) is 122 cm³/mol. The third kappa shape index (κ3) is 6.77. The maximum Gasteiger partial charge on any atom is 0.254 e. The first kappa shape index (κ1) is 25.3. The average molecular weight is 444 g/mol. The molecule has 0 aliphatic carbocycles. The molecule has 3 N–H and O–H groups in total. The zero-order valence-electron chi connectivity index (χ0n) is 19.0. The Kier molecular flexibility index (Phi) is 10.1. The largest absolute Gasteiger partial charge is 0.478 e. The molecule has 8 heteroatoms. The van der Waals surface area contributed by atoms with Crippen LogP contribution in [0.5, 0.6) is 5.88 Å². The van der Waals surface area contributed by atoms with Crippen molar-refractivity contribution in [3.63, 3.8) is 0 Å². The van der Waals surface area contributed by atoms with Crippen LogP contribution in [0.15, 0.2) is 42.6 Å². The lowest BCUT2D eigenvalue weighted by Crippen LogP contribution is -2.50. The first-order valence-electron chi connectivity index (χ1n) is 11.0. The molecule has 0 bridgehead atoms. The number of pyridine rings is 1. The van der Waals surface area contributed by atoms with Crippen molar-refractivity contribution in [2.45, 2.75) is 52.4 Å². The lowest BCUT2D eigenvalue weighted by molar-refractivity contribution is -0.153. The molecule has 174 valence electrons. The fraction of sp³-hybridized carbons (Fsp3) is 0.458. The zero-order valence-corrected chi connectivity index (χ0v) is 19.0. The van der Waals surface area contributed by atoms with Gasteiger partial charge in [0, 0.05) is 31.4 Å². The molecule has 2 atom stereocenters. The number of hydrogen-bond donors (Lipinski definition) is 3. The van der Waals surface area contributed by atoms with Gasteiger partial charge in [0.15, 0.2) is 12.2 Å². The van der Waals surface area contributed by atoms with Gasteiger partial charge >= 0.3 is 0 Å². The van der Waals surface area contributed by atoms with Crippen LogP contribution in [0, 0.1) is 0 Å². The molecule has 32 heavy (non-hydrogen) atoms. The Morgan fingerprint density at radius 2 is 1.81 bits per heavy atom. The van der Waals surface area contributed by atoms with Gasteiger partial charge in [-0.1, -0.05) is 37.6 Å². The molecule has 1 heterocycles. The Hall–Kier alpha value is -2.97. The van der Waals surface area contributed by atoms with Crippen LogP contribution in [0.25, 0.3) is 11.1 Å². The summed E-state index contributed by atoms with van der Waals surface area (Å²) in [4.78, 5) is 30.3. The second kappa shape index (κ2) is 12.8. The summed E-state index contributed by atoms with van der Waals surface area (Å²) in [5, 5.41) is 22.9. The fourth-order valence-electron chi connectivity index (χ4n) is 3.20. The van der Waals surface area contributed by atoms with Gasteiger partial charge < -0.3 is 25.2 Å². The van der Waals surface area contributed by atoms with E-state index in [9.17, 15) is 19.8 Å². The molecule has 2 amide bonds. The summed E-state index contributed by atoms with van der Waals surface area (Å²) in [6.45, 7) is 7.23. The second-order valence-electron chi connectivity index (χ2n) is 7.36. The lowest BCUT2D eigenvalue weighted by atomic mass is 10.0. The number of benzene rings is 1. The number of nitrogens with zero attached hydrogens (tertiary/aromatic N) is 2. The first-order valence-corrected chi connectivity index (χ1v) is 11.0. The molecule has 1 aromatic carbocycles. The van der Waals surface area contributed by atoms with Gasteiger partial charge in [-0.15, -0.1) is 0 Å². The van der Waals surface area contributed by atoms with Crippen molar-refractivity contribution < 1.29 is 24.5 Å². The molecule has 0 aliphatic heterocycles. The van der Waals surface area contributed by atoms with Crippen LogP contribution in [0.4, 0.5) is 0 Å². The number of likely N-dealkylation sites (N-methyl/N-ethyl adjacent to an activating group) is 1. The van der Waals surface area contributed by atoms with Gasteiger partial charge in [-0.05, 0) is 43.5 Å². The van der Waals surface area contributed by atoms with Crippen molar-refractivity contribution >= 4 is 11.8 Å². The van der Waals surface area contributed by atoms with E-state index >= 15 is 0 Å². The van der Waals surface area contributed by atoms with Gasteiger partial charge in [0.1, 0.15) is 0 Å². The van der Waals surface area contributed by atoms with Gasteiger partial charge in [-0.2, -0.15) is 0 Å². The molecule has 0 radical (unpaired) electrons. The minimum absolute atomic E-state index is 0.149. The van der Waals surface area contributed by atoms with E-state index in [0.717, 1.165) is 29.5 Å². The monoisotopic (exact) mass is 443 g/mol. The number of nitrogens with one attached hydrogen (secondary N) is 1. The van der Waals surface area contributed by atoms with Crippen LogP contribution in [-0.4, -0.2) is 63.8 Å². The van der Waals surface area contributed by atoms with Crippen LogP contribution >= 0.6 is 0 Å². The van der Waals surface area contributed by atoms with E-state index in [1.807, 2.05) is 50.2 Å². The van der Waals surface area contributed by atoms with Crippen molar-refractivity contribution in [1.29, 1.82) is 0 Å². The third-order valence-corrected chi connectivity index (χ3v) is 5.08. The minimum atomic E-state index is -1.83. The summed E-state index contributed by atoms with van der Waals surface area (Å²) in [7, 11) is 0. The number of aliphatic hydroxyl groups is 2. The van der Waals surface area contributed by atoms with E-state index in [-0.39, 0.29) is 6.54 Å². The highest BCUT2D eigenvalue weighted by atomic mass is 16.5. The molecule has 0 aliphatic rings. The van der Waals surface area contributed by atoms with Crippen molar-refractivity contribution in [2.75, 3.05) is 19.7 Å². The third-order valence-electron chi connectivity index (χ3n) is 5.08. The fourth-order valence-corrected chi connectivity index (χ4v) is 3.20. The van der Waals surface area contributed by atoms with Gasteiger partial charge in [0.05, 0.1) is 6.61 Å². The summed E-state index contributed by atoms with van der Waals surface area (Å²) in [6.07, 6.45) is -0.268. The van der Waals surface area contributed by atoms with E-state index < -0.39 is 24.0 Å². The van der Waals surface area contributed by atoms with Crippen LogP contribution < -0.4 is 10.1 Å². The van der Waals surface area contributed by atoms with E-state index in [1.165, 1.54) is 4.90 Å². The molecule has 1 aromatic heterocycles. The Balaban J connectivity index is 1.95. The highest BCUT2D eigenvalue weighted by Gasteiger charge is 2.32. The van der Waals surface area contributed by atoms with Gasteiger partial charge in [-0.25, -0.2) is 4.98 Å². The number of rotatable bonds is 12. The van der Waals surface area contributed by atoms with Crippen LogP contribution in [0.3, 0.4) is 0 Å². The zero-order chi connectivity index (χ0) is 23.5. The van der Waals surface area contributed by atoms with Crippen LogP contribution in [0.2, 0.25) is 0 Å². The first-order chi connectivity index (χ1) is 15.4. The highest BCUT2D eigenvalue weighted by Crippen LogP contribution is 2.27. The summed E-state index contributed by atoms with van der Waals surface area (Å²) >= 11 is 0. The average Bonchev–Trinajstić information content (AvgIpc) is 2.82. The van der Waals surface area contributed by atoms with Gasteiger partial charge in [0.25, 0.3) is 11.8 Å². The number of amides is 2. The molecule has 1 unspecified atom stereocenters. The number of unbranched alkanes of at least 4 members (excludes halogenated alkanes) is 1. The summed E-state index contributed by atoms with van der Waals surface area (Å²) in [6, 6.07) is 11.2. The number of carbonyl (C=O) groups excluding carboxylic acids is 2. The summed E-state index contributed by atoms with van der Waals surface area (Å²) in [5.41, 5.74) is 2.59. The Bertz CT molecular complexity index is 872. The topological polar surface area (TPSA) is 112 Å². The van der Waals surface area contributed by atoms with Gasteiger partial charge in [0.2, 0.25) is 5.88 Å². The molecule has 0 saturated heterocycles. The van der Waals surface area contributed by atoms with Crippen molar-refractivity contribution in [3.8, 4) is 17.0 Å². The number of carbonyl (C=O) groups is 2. The summed E-state index contributed by atoms with van der Waals surface area (Å²) in [5.74, 6) is -0.889. The molecule has 0 saturated carbocycles. The summed E-state index contributed by atoms with van der Waals surface area (Å²) < 4.78 is 5.56. The molecular formula is C24H33N3O5. The number of ether oxygens (including phenoxy) is 1. The van der Waals surface area contributed by atoms with Crippen LogP contribution in [-0.2, 0) is 16.1 Å². The SMILES string of the molecule is CCCCN(CC)C(=O)[C@H](O)C(O)C(=O)NCc1ccc(-c2cccnc2OCC)cc1. The maximum atomic E-state index is 12.4. The minimum Gasteiger partial charge on any atom is -0.478 e. The predicted octanol–water partition coefficient (Wildman–Crippen LogP) is 2.13. The van der Waals surface area contributed by atoms with Crippen molar-refractivity contribution in [1.82, 2.24) is 15.2 Å². The number of aromatic nitrogens is 1. The lowest BCUT2D eigenvalue weighted by Gasteiger charge is -2.25. The quantitative estimate of drug-likeness (QED) is 0.463. The standard InChI is InChI=1S/C24H33N3O5/c1-4-7-15-27(5-2)24(31)21(29)20(28)22(30)26-16-17-10-12-18(13-11-17)19-9-8-14-25-23(19)32-6-3/h8-14,20-21,28-29H,4-7,15-16H2,1-3H3,(H,26,30)/t20?,21-/m1/s1. The van der Waals surface area contributed by atoms with Crippen molar-refractivity contribution in [2.24, 2.45) is 0 Å². The van der Waals surface area contributed by atoms with Crippen molar-refractivity contribution in [3.05, 3.63) is 48.2 Å². The molecule has 0 fully saturated rings. The molecule has 2 aromatic rings.